The van der Waals surface area contributed by atoms with E-state index in [4.69, 9.17) is 23.2 Å². The third-order valence-corrected chi connectivity index (χ3v) is 3.94. The molecule has 0 fully saturated rings. The van der Waals surface area contributed by atoms with Crippen LogP contribution in [0.5, 0.6) is 0 Å². The van der Waals surface area contributed by atoms with Crippen molar-refractivity contribution >= 4 is 50.7 Å². The number of nitrogens with one attached hydrogen (secondary N) is 1. The predicted octanol–water partition coefficient (Wildman–Crippen LogP) is 5.01. The number of carbonyl (C=O) groups is 1. The summed E-state index contributed by atoms with van der Waals surface area (Å²) in [6.07, 6.45) is 0. The first-order valence-corrected chi connectivity index (χ1v) is 6.64. The maximum absolute atomic E-state index is 12.1. The van der Waals surface area contributed by atoms with Gasteiger partial charge in [-0.2, -0.15) is 0 Å². The molecule has 1 N–H and O–H groups in total. The van der Waals surface area contributed by atoms with Crippen molar-refractivity contribution in [2.24, 2.45) is 0 Å². The largest absolute Gasteiger partial charge is 0.321 e. The zero-order chi connectivity index (χ0) is 13.1. The summed E-state index contributed by atoms with van der Waals surface area (Å²) >= 11 is 15.3. The van der Waals surface area contributed by atoms with Gasteiger partial charge in [0.1, 0.15) is 0 Å². The highest BCUT2D eigenvalue weighted by molar-refractivity contribution is 9.10. The lowest BCUT2D eigenvalue weighted by molar-refractivity contribution is 0.102. The van der Waals surface area contributed by atoms with E-state index >= 15 is 0 Å². The molecule has 0 atom stereocenters. The molecule has 0 saturated carbocycles. The fourth-order valence-electron chi connectivity index (χ4n) is 1.43. The summed E-state index contributed by atoms with van der Waals surface area (Å²) in [5.41, 5.74) is 0.950. The van der Waals surface area contributed by atoms with Crippen LogP contribution in [0.15, 0.2) is 46.9 Å². The van der Waals surface area contributed by atoms with Gasteiger partial charge < -0.3 is 5.32 Å². The lowest BCUT2D eigenvalue weighted by atomic mass is 10.2. The fourth-order valence-corrected chi connectivity index (χ4v) is 2.19. The van der Waals surface area contributed by atoms with Crippen molar-refractivity contribution in [3.63, 3.8) is 0 Å². The Morgan fingerprint density at radius 3 is 2.50 bits per heavy atom. The second kappa shape index (κ2) is 5.74. The molecular weight excluding hydrogens is 337 g/mol. The molecule has 2 rings (SSSR count). The van der Waals surface area contributed by atoms with E-state index in [-0.39, 0.29) is 5.91 Å². The molecule has 2 aromatic rings. The van der Waals surface area contributed by atoms with E-state index in [1.807, 2.05) is 0 Å². The van der Waals surface area contributed by atoms with Crippen molar-refractivity contribution in [3.8, 4) is 0 Å². The van der Waals surface area contributed by atoms with Gasteiger partial charge in [0, 0.05) is 4.47 Å². The Morgan fingerprint density at radius 1 is 1.06 bits per heavy atom. The molecule has 1 amide bonds. The molecule has 0 bridgehead atoms. The van der Waals surface area contributed by atoms with E-state index in [2.05, 4.69) is 21.2 Å². The smallest absolute Gasteiger partial charge is 0.257 e. The number of para-hydroxylation sites is 1. The average molecular weight is 345 g/mol. The molecule has 5 heteroatoms. The standard InChI is InChI=1S/C13H8BrCl2NO/c14-9-5-3-4-8(12(9)16)13(18)17-11-7-2-1-6-10(11)15/h1-7H,(H,17,18). The van der Waals surface area contributed by atoms with Crippen molar-refractivity contribution < 1.29 is 4.79 Å². The van der Waals surface area contributed by atoms with Gasteiger partial charge >= 0.3 is 0 Å². The molecule has 0 radical (unpaired) electrons. The molecule has 18 heavy (non-hydrogen) atoms. The van der Waals surface area contributed by atoms with E-state index in [0.717, 1.165) is 0 Å². The number of hydrogen-bond donors (Lipinski definition) is 1. The van der Waals surface area contributed by atoms with Gasteiger partial charge in [-0.1, -0.05) is 41.4 Å². The number of anilines is 1. The van der Waals surface area contributed by atoms with Gasteiger partial charge in [0.25, 0.3) is 5.91 Å². The Morgan fingerprint density at radius 2 is 1.78 bits per heavy atom. The Bertz CT molecular complexity index is 601. The molecule has 0 heterocycles. The minimum absolute atomic E-state index is 0.297. The quantitative estimate of drug-likeness (QED) is 0.815. The zero-order valence-electron chi connectivity index (χ0n) is 9.08. The lowest BCUT2D eigenvalue weighted by Gasteiger charge is -2.08. The van der Waals surface area contributed by atoms with Crippen LogP contribution in [-0.4, -0.2) is 5.91 Å². The highest BCUT2D eigenvalue weighted by Gasteiger charge is 2.13. The van der Waals surface area contributed by atoms with Crippen LogP contribution in [0, 0.1) is 0 Å². The molecule has 0 saturated heterocycles. The number of benzene rings is 2. The summed E-state index contributed by atoms with van der Waals surface area (Å²) in [5.74, 6) is -0.297. The first kappa shape index (κ1) is 13.4. The van der Waals surface area contributed by atoms with Gasteiger partial charge in [0.15, 0.2) is 0 Å². The Labute approximate surface area is 123 Å². The van der Waals surface area contributed by atoms with Crippen molar-refractivity contribution in [3.05, 3.63) is 62.5 Å². The topological polar surface area (TPSA) is 29.1 Å². The molecule has 0 aromatic heterocycles. The number of carbonyl (C=O) groups excluding carboxylic acids is 1. The number of rotatable bonds is 2. The van der Waals surface area contributed by atoms with Crippen LogP contribution in [0.2, 0.25) is 10.0 Å². The lowest BCUT2D eigenvalue weighted by Crippen LogP contribution is -2.12. The van der Waals surface area contributed by atoms with E-state index < -0.39 is 0 Å². The average Bonchev–Trinajstić information content (AvgIpc) is 2.35. The SMILES string of the molecule is O=C(Nc1ccccc1Cl)c1cccc(Br)c1Cl. The maximum atomic E-state index is 12.1. The van der Waals surface area contributed by atoms with E-state index in [1.54, 1.807) is 42.5 Å². The number of amides is 1. The highest BCUT2D eigenvalue weighted by atomic mass is 79.9. The molecule has 0 aliphatic heterocycles. The van der Waals surface area contributed by atoms with Gasteiger partial charge in [0.05, 0.1) is 21.3 Å². The fraction of sp³-hybridized carbons (Fsp3) is 0. The summed E-state index contributed by atoms with van der Waals surface area (Å²) in [7, 11) is 0. The summed E-state index contributed by atoms with van der Waals surface area (Å²) < 4.78 is 0.677. The molecule has 92 valence electrons. The Balaban J connectivity index is 2.28. The molecular formula is C13H8BrCl2NO. The number of hydrogen-bond acceptors (Lipinski definition) is 1. The van der Waals surface area contributed by atoms with Crippen LogP contribution in [-0.2, 0) is 0 Å². The van der Waals surface area contributed by atoms with Gasteiger partial charge in [0.2, 0.25) is 0 Å². The van der Waals surface area contributed by atoms with Crippen molar-refractivity contribution in [1.29, 1.82) is 0 Å². The second-order valence-electron chi connectivity index (χ2n) is 3.54. The molecule has 2 aromatic carbocycles. The number of halogens is 3. The van der Waals surface area contributed by atoms with Crippen LogP contribution < -0.4 is 5.32 Å². The monoisotopic (exact) mass is 343 g/mol. The third-order valence-electron chi connectivity index (χ3n) is 2.32. The first-order chi connectivity index (χ1) is 8.59. The van der Waals surface area contributed by atoms with E-state index in [1.165, 1.54) is 0 Å². The molecule has 2 nitrogen and oxygen atoms in total. The van der Waals surface area contributed by atoms with Gasteiger partial charge in [-0.05, 0) is 40.2 Å². The maximum Gasteiger partial charge on any atom is 0.257 e. The van der Waals surface area contributed by atoms with Crippen molar-refractivity contribution in [1.82, 2.24) is 0 Å². The Hall–Kier alpha value is -1.03. The molecule has 0 unspecified atom stereocenters. The van der Waals surface area contributed by atoms with Crippen molar-refractivity contribution in [2.45, 2.75) is 0 Å². The van der Waals surface area contributed by atoms with E-state index in [9.17, 15) is 4.79 Å². The van der Waals surface area contributed by atoms with Crippen LogP contribution in [0.4, 0.5) is 5.69 Å². The highest BCUT2D eigenvalue weighted by Crippen LogP contribution is 2.27. The van der Waals surface area contributed by atoms with Crippen LogP contribution in [0.1, 0.15) is 10.4 Å². The van der Waals surface area contributed by atoms with Crippen LogP contribution in [0.3, 0.4) is 0 Å². The van der Waals surface area contributed by atoms with Gasteiger partial charge in [-0.3, -0.25) is 4.79 Å². The molecule has 0 aliphatic rings. The van der Waals surface area contributed by atoms with Gasteiger partial charge in [-0.15, -0.1) is 0 Å². The van der Waals surface area contributed by atoms with Gasteiger partial charge in [-0.25, -0.2) is 0 Å². The summed E-state index contributed by atoms with van der Waals surface area (Å²) in [6.45, 7) is 0. The van der Waals surface area contributed by atoms with Crippen LogP contribution in [0.25, 0.3) is 0 Å². The minimum atomic E-state index is -0.297. The van der Waals surface area contributed by atoms with Crippen LogP contribution >= 0.6 is 39.1 Å². The molecule has 0 aliphatic carbocycles. The third kappa shape index (κ3) is 2.86. The van der Waals surface area contributed by atoms with E-state index in [0.29, 0.717) is 25.8 Å². The molecule has 0 spiro atoms. The summed E-state index contributed by atoms with van der Waals surface area (Å²) in [4.78, 5) is 12.1. The minimum Gasteiger partial charge on any atom is -0.321 e. The normalized spacial score (nSPS) is 10.2. The summed E-state index contributed by atoms with van der Waals surface area (Å²) in [6, 6.07) is 12.2. The Kier molecular flexibility index (Phi) is 4.27. The second-order valence-corrected chi connectivity index (χ2v) is 5.17. The zero-order valence-corrected chi connectivity index (χ0v) is 12.2. The van der Waals surface area contributed by atoms with Crippen molar-refractivity contribution in [2.75, 3.05) is 5.32 Å². The first-order valence-electron chi connectivity index (χ1n) is 5.09. The summed E-state index contributed by atoms with van der Waals surface area (Å²) in [5, 5.41) is 3.58. The predicted molar refractivity (Wildman–Crippen MR) is 78.6 cm³/mol.